The van der Waals surface area contributed by atoms with Crippen LogP contribution in [0.2, 0.25) is 0 Å². The van der Waals surface area contributed by atoms with Gasteiger partial charge in [-0.1, -0.05) is 22.9 Å². The van der Waals surface area contributed by atoms with Crippen molar-refractivity contribution in [1.29, 1.82) is 0 Å². The normalized spacial score (nSPS) is 30.5. The Hall–Kier alpha value is 0.390. The Labute approximate surface area is 94.9 Å². The van der Waals surface area contributed by atoms with E-state index in [1.807, 2.05) is 0 Å². The zero-order valence-corrected chi connectivity index (χ0v) is 11.1. The second-order valence-electron chi connectivity index (χ2n) is 4.21. The molecule has 0 aromatic carbocycles. The average Bonchev–Trinajstić information content (AvgIpc) is 2.06. The lowest BCUT2D eigenvalue weighted by atomic mass is 10.0. The lowest BCUT2D eigenvalue weighted by Crippen LogP contribution is -2.41. The first-order chi connectivity index (χ1) is 6.38. The number of sulfone groups is 1. The van der Waals surface area contributed by atoms with Crippen LogP contribution in [0.5, 0.6) is 0 Å². The molecule has 0 saturated carbocycles. The molecule has 1 saturated heterocycles. The van der Waals surface area contributed by atoms with Crippen molar-refractivity contribution in [2.75, 3.05) is 31.6 Å². The molecule has 1 aliphatic rings. The quantitative estimate of drug-likeness (QED) is 0.729. The van der Waals surface area contributed by atoms with Gasteiger partial charge < -0.3 is 4.90 Å². The number of hydrogen-bond acceptors (Lipinski definition) is 3. The lowest BCUT2D eigenvalue weighted by Gasteiger charge is -2.34. The molecule has 0 bridgehead atoms. The van der Waals surface area contributed by atoms with Crippen molar-refractivity contribution in [3.05, 3.63) is 0 Å². The topological polar surface area (TPSA) is 37.4 Å². The number of likely N-dealkylation sites (tertiary alicyclic amines) is 1. The third-order valence-corrected chi connectivity index (χ3v) is 4.95. The van der Waals surface area contributed by atoms with Gasteiger partial charge in [0.05, 0.1) is 5.75 Å². The molecule has 2 unspecified atom stereocenters. The van der Waals surface area contributed by atoms with Gasteiger partial charge in [-0.15, -0.1) is 0 Å². The largest absolute Gasteiger partial charge is 0.302 e. The van der Waals surface area contributed by atoms with Crippen LogP contribution in [0, 0.1) is 5.92 Å². The minimum absolute atomic E-state index is 0.284. The molecule has 2 atom stereocenters. The van der Waals surface area contributed by atoms with Crippen molar-refractivity contribution in [3.63, 3.8) is 0 Å². The molecule has 0 N–H and O–H groups in total. The van der Waals surface area contributed by atoms with Gasteiger partial charge >= 0.3 is 0 Å². The molecule has 0 amide bonds. The molecular weight excluding hydrogens is 266 g/mol. The van der Waals surface area contributed by atoms with E-state index in [2.05, 4.69) is 27.8 Å². The van der Waals surface area contributed by atoms with Gasteiger partial charge in [0.25, 0.3) is 0 Å². The number of alkyl halides is 1. The van der Waals surface area contributed by atoms with E-state index in [9.17, 15) is 8.42 Å². The summed E-state index contributed by atoms with van der Waals surface area (Å²) in [6.07, 6.45) is 2.42. The maximum atomic E-state index is 11.0. The van der Waals surface area contributed by atoms with E-state index in [4.69, 9.17) is 0 Å². The molecular formula is C9H18BrNO2S. The Balaban J connectivity index is 2.34. The van der Waals surface area contributed by atoms with Crippen LogP contribution in [0.4, 0.5) is 0 Å². The molecule has 1 fully saturated rings. The van der Waals surface area contributed by atoms with Crippen LogP contribution in [-0.2, 0) is 9.84 Å². The Morgan fingerprint density at radius 3 is 2.64 bits per heavy atom. The summed E-state index contributed by atoms with van der Waals surface area (Å²) in [5.41, 5.74) is 0. The second-order valence-corrected chi connectivity index (χ2v) is 7.65. The molecule has 84 valence electrons. The molecule has 5 heteroatoms. The van der Waals surface area contributed by atoms with E-state index < -0.39 is 9.84 Å². The van der Waals surface area contributed by atoms with E-state index in [-0.39, 0.29) is 5.75 Å². The van der Waals surface area contributed by atoms with E-state index in [0.29, 0.717) is 17.3 Å². The maximum Gasteiger partial charge on any atom is 0.148 e. The summed E-state index contributed by atoms with van der Waals surface area (Å²) in [5.74, 6) is 0.899. The summed E-state index contributed by atoms with van der Waals surface area (Å²) in [4.78, 5) is 2.83. The second kappa shape index (κ2) is 4.94. The minimum atomic E-state index is -2.81. The number of nitrogens with zero attached hydrogens (tertiary/aromatic N) is 1. The highest BCUT2D eigenvalue weighted by Crippen LogP contribution is 2.22. The monoisotopic (exact) mass is 283 g/mol. The Morgan fingerprint density at radius 2 is 2.14 bits per heavy atom. The maximum absolute atomic E-state index is 11.0. The predicted octanol–water partition coefficient (Wildman–Crippen LogP) is 1.14. The fourth-order valence-corrected chi connectivity index (χ4v) is 2.66. The van der Waals surface area contributed by atoms with Crippen molar-refractivity contribution in [1.82, 2.24) is 4.90 Å². The number of rotatable bonds is 3. The van der Waals surface area contributed by atoms with Gasteiger partial charge in [-0.05, 0) is 18.9 Å². The van der Waals surface area contributed by atoms with Crippen molar-refractivity contribution >= 4 is 25.8 Å². The molecule has 0 radical (unpaired) electrons. The van der Waals surface area contributed by atoms with E-state index in [1.54, 1.807) is 0 Å². The zero-order valence-electron chi connectivity index (χ0n) is 8.74. The summed E-state index contributed by atoms with van der Waals surface area (Å²) in [7, 11) is -2.81. The van der Waals surface area contributed by atoms with Gasteiger partial charge in [0.15, 0.2) is 0 Å². The molecule has 1 rings (SSSR count). The minimum Gasteiger partial charge on any atom is -0.302 e. The lowest BCUT2D eigenvalue weighted by molar-refractivity contribution is 0.201. The predicted molar refractivity (Wildman–Crippen MR) is 62.6 cm³/mol. The molecule has 1 aliphatic heterocycles. The van der Waals surface area contributed by atoms with Crippen molar-refractivity contribution in [2.45, 2.75) is 18.2 Å². The summed E-state index contributed by atoms with van der Waals surface area (Å²) < 4.78 is 22.0. The molecule has 0 spiro atoms. The van der Waals surface area contributed by atoms with Crippen LogP contribution < -0.4 is 0 Å². The fraction of sp³-hybridized carbons (Fsp3) is 1.00. The molecule has 0 aromatic heterocycles. The highest BCUT2D eigenvalue weighted by Gasteiger charge is 2.23. The average molecular weight is 284 g/mol. The van der Waals surface area contributed by atoms with Crippen LogP contribution in [0.3, 0.4) is 0 Å². The third kappa shape index (κ3) is 4.28. The van der Waals surface area contributed by atoms with Crippen molar-refractivity contribution in [3.8, 4) is 0 Å². The number of halogens is 1. The number of piperidine rings is 1. The molecule has 3 nitrogen and oxygen atoms in total. The van der Waals surface area contributed by atoms with Crippen LogP contribution in [0.25, 0.3) is 0 Å². The Kier molecular flexibility index (Phi) is 4.40. The Bertz CT molecular complexity index is 279. The zero-order chi connectivity index (χ0) is 10.8. The van der Waals surface area contributed by atoms with Gasteiger partial charge in [-0.2, -0.15) is 0 Å². The van der Waals surface area contributed by atoms with Crippen LogP contribution >= 0.6 is 15.9 Å². The Morgan fingerprint density at radius 1 is 1.50 bits per heavy atom. The third-order valence-electron chi connectivity index (χ3n) is 2.66. The summed E-state index contributed by atoms with van der Waals surface area (Å²) in [5, 5.41) is 0. The van der Waals surface area contributed by atoms with Crippen LogP contribution in [0.1, 0.15) is 13.3 Å². The van der Waals surface area contributed by atoms with E-state index in [0.717, 1.165) is 19.5 Å². The van der Waals surface area contributed by atoms with E-state index in [1.165, 1.54) is 6.26 Å². The highest BCUT2D eigenvalue weighted by molar-refractivity contribution is 9.09. The summed E-state index contributed by atoms with van der Waals surface area (Å²) in [6.45, 7) is 4.90. The first-order valence-corrected chi connectivity index (χ1v) is 7.90. The number of hydrogen-bond donors (Lipinski definition) is 0. The van der Waals surface area contributed by atoms with Crippen molar-refractivity contribution in [2.24, 2.45) is 5.92 Å². The van der Waals surface area contributed by atoms with E-state index >= 15 is 0 Å². The van der Waals surface area contributed by atoms with Gasteiger partial charge in [0.2, 0.25) is 0 Å². The molecule has 1 heterocycles. The molecule has 0 aromatic rings. The van der Waals surface area contributed by atoms with Crippen LogP contribution in [0.15, 0.2) is 0 Å². The van der Waals surface area contributed by atoms with Gasteiger partial charge in [0.1, 0.15) is 9.84 Å². The smallest absolute Gasteiger partial charge is 0.148 e. The first kappa shape index (κ1) is 12.5. The van der Waals surface area contributed by atoms with Crippen LogP contribution in [-0.4, -0.2) is 49.8 Å². The van der Waals surface area contributed by atoms with Gasteiger partial charge in [-0.25, -0.2) is 8.42 Å². The fourth-order valence-electron chi connectivity index (χ4n) is 1.70. The van der Waals surface area contributed by atoms with Crippen molar-refractivity contribution < 1.29 is 8.42 Å². The van der Waals surface area contributed by atoms with Gasteiger partial charge in [-0.3, -0.25) is 0 Å². The van der Waals surface area contributed by atoms with Gasteiger partial charge in [0, 0.05) is 24.2 Å². The summed E-state index contributed by atoms with van der Waals surface area (Å²) in [6, 6.07) is 0. The standard InChI is InChI=1S/C9H18BrNO2S/c1-8-7-11(4-3-9(8)10)5-6-14(2,12)13/h8-9H,3-7H2,1-2H3. The molecule has 14 heavy (non-hydrogen) atoms. The highest BCUT2D eigenvalue weighted by atomic mass is 79.9. The first-order valence-electron chi connectivity index (χ1n) is 4.92. The summed E-state index contributed by atoms with van der Waals surface area (Å²) >= 11 is 3.63. The SMILES string of the molecule is CC1CN(CCS(C)(=O)=O)CCC1Br. The molecule has 0 aliphatic carbocycles.